The molecule has 17 heteroatoms. The minimum Gasteiger partial charge on any atom is -0.454 e. The highest BCUT2D eigenvalue weighted by Gasteiger charge is 2.43. The van der Waals surface area contributed by atoms with Crippen LogP contribution in [-0.2, 0) is 12.4 Å². The number of rotatable bonds is 8. The Kier molecular flexibility index (Phi) is 8.89. The van der Waals surface area contributed by atoms with E-state index in [9.17, 15) is 40.3 Å². The van der Waals surface area contributed by atoms with E-state index in [2.05, 4.69) is 20.6 Å². The van der Waals surface area contributed by atoms with Crippen molar-refractivity contribution in [2.24, 2.45) is 0 Å². The summed E-state index contributed by atoms with van der Waals surface area (Å²) in [4.78, 5) is 28.8. The van der Waals surface area contributed by atoms with Crippen molar-refractivity contribution in [3.8, 4) is 17.2 Å². The number of amides is 2. The molecular weight excluding hydrogens is 613 g/mol. The second-order valence-electron chi connectivity index (χ2n) is 8.69. The molecule has 9 nitrogen and oxygen atoms in total. The number of ether oxygens (including phenoxy) is 1. The largest absolute Gasteiger partial charge is 0.454 e. The third-order valence-corrected chi connectivity index (χ3v) is 5.89. The number of nitrogens with one attached hydrogen (secondary N) is 2. The fourth-order valence-corrected chi connectivity index (χ4v) is 3.81. The number of carbonyl (C=O) groups is 2. The van der Waals surface area contributed by atoms with Crippen molar-refractivity contribution in [2.75, 3.05) is 11.9 Å². The average Bonchev–Trinajstić information content (AvgIpc) is 3.39. The standard InChI is InChI=1S/C26H18ClF7N6O3/c1-2-8-36-23(41)18-12-15(7-9-35-18)43-20-6-4-14(11-17(20)28)37-24(42)21-22(26(32,33)34)40(39-38-21)19-10-13(25(29,30)31)3-5-16(19)27/h3-7,9-12H,2,8H2,1H3,(H,36,41)(H,37,42). The van der Waals surface area contributed by atoms with Crippen molar-refractivity contribution in [2.45, 2.75) is 25.7 Å². The number of aromatic nitrogens is 4. The highest BCUT2D eigenvalue weighted by atomic mass is 35.5. The Hall–Kier alpha value is -4.73. The number of benzene rings is 2. The number of hydrogen-bond acceptors (Lipinski definition) is 6. The van der Waals surface area contributed by atoms with Gasteiger partial charge in [0.1, 0.15) is 11.4 Å². The Morgan fingerprint density at radius 2 is 1.72 bits per heavy atom. The normalized spacial score (nSPS) is 11.7. The summed E-state index contributed by atoms with van der Waals surface area (Å²) >= 11 is 5.86. The lowest BCUT2D eigenvalue weighted by atomic mass is 10.2. The van der Waals surface area contributed by atoms with Gasteiger partial charge in [-0.25, -0.2) is 9.07 Å². The van der Waals surface area contributed by atoms with Crippen LogP contribution in [0.4, 0.5) is 36.4 Å². The lowest BCUT2D eigenvalue weighted by Gasteiger charge is -2.14. The van der Waals surface area contributed by atoms with Gasteiger partial charge in [0.2, 0.25) is 0 Å². The number of anilines is 1. The van der Waals surface area contributed by atoms with Gasteiger partial charge in [-0.2, -0.15) is 26.3 Å². The van der Waals surface area contributed by atoms with Crippen LogP contribution in [0.15, 0.2) is 54.7 Å². The molecule has 0 spiro atoms. The van der Waals surface area contributed by atoms with Gasteiger partial charge in [-0.05, 0) is 42.8 Å². The second-order valence-corrected chi connectivity index (χ2v) is 9.10. The fraction of sp³-hybridized carbons (Fsp3) is 0.192. The van der Waals surface area contributed by atoms with Crippen molar-refractivity contribution in [1.29, 1.82) is 0 Å². The second kappa shape index (κ2) is 12.2. The average molecular weight is 631 g/mol. The summed E-state index contributed by atoms with van der Waals surface area (Å²) in [7, 11) is 0. The highest BCUT2D eigenvalue weighted by Crippen LogP contribution is 2.37. The van der Waals surface area contributed by atoms with Gasteiger partial charge in [0, 0.05) is 30.6 Å². The number of hydrogen-bond donors (Lipinski definition) is 2. The highest BCUT2D eigenvalue weighted by molar-refractivity contribution is 6.32. The zero-order chi connectivity index (χ0) is 31.5. The van der Waals surface area contributed by atoms with Crippen LogP contribution in [0.2, 0.25) is 5.02 Å². The quantitative estimate of drug-likeness (QED) is 0.210. The summed E-state index contributed by atoms with van der Waals surface area (Å²) in [6, 6.07) is 7.13. The summed E-state index contributed by atoms with van der Waals surface area (Å²) in [5.74, 6) is -3.32. The van der Waals surface area contributed by atoms with Crippen LogP contribution < -0.4 is 15.4 Å². The van der Waals surface area contributed by atoms with E-state index in [-0.39, 0.29) is 27.6 Å². The Bertz CT molecular complexity index is 1670. The van der Waals surface area contributed by atoms with Crippen molar-refractivity contribution < 1.29 is 45.1 Å². The zero-order valence-electron chi connectivity index (χ0n) is 21.6. The summed E-state index contributed by atoms with van der Waals surface area (Å²) in [5, 5.41) is 10.6. The van der Waals surface area contributed by atoms with Gasteiger partial charge in [-0.15, -0.1) is 5.10 Å². The van der Waals surface area contributed by atoms with Gasteiger partial charge < -0.3 is 15.4 Å². The van der Waals surface area contributed by atoms with Crippen molar-refractivity contribution in [3.63, 3.8) is 0 Å². The first-order valence-corrected chi connectivity index (χ1v) is 12.5. The fourth-order valence-electron chi connectivity index (χ4n) is 3.62. The van der Waals surface area contributed by atoms with E-state index < -0.39 is 57.6 Å². The van der Waals surface area contributed by atoms with Crippen molar-refractivity contribution in [3.05, 3.63) is 88.2 Å². The molecule has 2 amide bonds. The lowest BCUT2D eigenvalue weighted by Crippen LogP contribution is -2.24. The summed E-state index contributed by atoms with van der Waals surface area (Å²) in [6.45, 7) is 2.27. The lowest BCUT2D eigenvalue weighted by molar-refractivity contribution is -0.143. The molecule has 4 rings (SSSR count). The Morgan fingerprint density at radius 3 is 2.37 bits per heavy atom. The minimum absolute atomic E-state index is 0.00942. The maximum Gasteiger partial charge on any atom is 0.435 e. The number of carbonyl (C=O) groups excluding carboxylic acids is 2. The van der Waals surface area contributed by atoms with Gasteiger partial charge in [0.25, 0.3) is 11.8 Å². The molecule has 2 N–H and O–H groups in total. The Morgan fingerprint density at radius 1 is 0.977 bits per heavy atom. The maximum atomic E-state index is 14.8. The smallest absolute Gasteiger partial charge is 0.435 e. The van der Waals surface area contributed by atoms with E-state index >= 15 is 0 Å². The van der Waals surface area contributed by atoms with E-state index in [1.807, 2.05) is 12.2 Å². The van der Waals surface area contributed by atoms with E-state index in [0.717, 1.165) is 24.3 Å². The molecule has 0 unspecified atom stereocenters. The zero-order valence-corrected chi connectivity index (χ0v) is 22.4. The predicted octanol–water partition coefficient (Wildman–Crippen LogP) is 6.68. The molecule has 0 atom stereocenters. The van der Waals surface area contributed by atoms with Gasteiger partial charge in [-0.1, -0.05) is 23.7 Å². The number of pyridine rings is 1. The molecule has 2 heterocycles. The summed E-state index contributed by atoms with van der Waals surface area (Å²) < 4.78 is 102. The van der Waals surface area contributed by atoms with Gasteiger partial charge in [-0.3, -0.25) is 14.6 Å². The van der Waals surface area contributed by atoms with Gasteiger partial charge in [0.05, 0.1) is 16.3 Å². The maximum absolute atomic E-state index is 14.8. The number of nitrogens with zero attached hydrogens (tertiary/aromatic N) is 4. The summed E-state index contributed by atoms with van der Waals surface area (Å²) in [5.41, 5.74) is -5.58. The van der Waals surface area contributed by atoms with E-state index in [0.29, 0.717) is 25.1 Å². The minimum atomic E-state index is -5.33. The van der Waals surface area contributed by atoms with Gasteiger partial charge in [0.15, 0.2) is 23.0 Å². The van der Waals surface area contributed by atoms with Crippen LogP contribution in [-0.4, -0.2) is 38.3 Å². The molecule has 0 fully saturated rings. The van der Waals surface area contributed by atoms with Crippen LogP contribution in [0, 0.1) is 5.82 Å². The Labute approximate surface area is 242 Å². The monoisotopic (exact) mass is 630 g/mol. The molecule has 0 aliphatic carbocycles. The van der Waals surface area contributed by atoms with Crippen LogP contribution in [0.1, 0.15) is 45.6 Å². The SMILES string of the molecule is CCCNC(=O)c1cc(Oc2ccc(NC(=O)c3nnn(-c4cc(C(F)(F)F)ccc4Cl)c3C(F)(F)F)cc2F)ccn1. The molecule has 0 radical (unpaired) electrons. The molecule has 0 aliphatic rings. The van der Waals surface area contributed by atoms with Crippen LogP contribution >= 0.6 is 11.6 Å². The Balaban J connectivity index is 1.58. The first-order chi connectivity index (χ1) is 20.2. The van der Waals surface area contributed by atoms with E-state index in [4.69, 9.17) is 16.3 Å². The molecule has 0 aliphatic heterocycles. The molecule has 0 bridgehead atoms. The molecule has 2 aromatic heterocycles. The first kappa shape index (κ1) is 31.2. The summed E-state index contributed by atoms with van der Waals surface area (Å²) in [6.07, 6.45) is -8.29. The van der Waals surface area contributed by atoms with Crippen molar-refractivity contribution in [1.82, 2.24) is 25.3 Å². The number of alkyl halides is 6. The predicted molar refractivity (Wildman–Crippen MR) is 138 cm³/mol. The molecule has 226 valence electrons. The van der Waals surface area contributed by atoms with E-state index in [1.54, 1.807) is 0 Å². The molecule has 43 heavy (non-hydrogen) atoms. The third kappa shape index (κ3) is 7.20. The third-order valence-electron chi connectivity index (χ3n) is 5.57. The molecule has 0 saturated carbocycles. The van der Waals surface area contributed by atoms with Crippen LogP contribution in [0.3, 0.4) is 0 Å². The molecule has 4 aromatic rings. The molecule has 0 saturated heterocycles. The van der Waals surface area contributed by atoms with Gasteiger partial charge >= 0.3 is 12.4 Å². The van der Waals surface area contributed by atoms with Crippen LogP contribution in [0.5, 0.6) is 11.5 Å². The topological polar surface area (TPSA) is 111 Å². The number of halogens is 8. The first-order valence-electron chi connectivity index (χ1n) is 12.1. The molecular formula is C26H18ClF7N6O3. The van der Waals surface area contributed by atoms with E-state index in [1.165, 1.54) is 18.3 Å². The molecule has 2 aromatic carbocycles. The van der Waals surface area contributed by atoms with Crippen LogP contribution in [0.25, 0.3) is 5.69 Å². The van der Waals surface area contributed by atoms with Crippen molar-refractivity contribution >= 4 is 29.1 Å².